The monoisotopic (exact) mass is 535 g/mol. The van der Waals surface area contributed by atoms with Gasteiger partial charge in [0.05, 0.1) is 0 Å². The maximum Gasteiger partial charge on any atom is 0.162 e. The van der Waals surface area contributed by atoms with Gasteiger partial charge in [0.25, 0.3) is 0 Å². The molecule has 0 fully saturated rings. The summed E-state index contributed by atoms with van der Waals surface area (Å²) in [6.07, 6.45) is 12.8. The van der Waals surface area contributed by atoms with Gasteiger partial charge in [0.1, 0.15) is 0 Å². The zero-order valence-corrected chi connectivity index (χ0v) is 25.8. The lowest BCUT2D eigenvalue weighted by Crippen LogP contribution is -2.24. The van der Waals surface area contributed by atoms with E-state index in [1.54, 1.807) is 0 Å². The zero-order chi connectivity index (χ0) is 29.2. The zero-order valence-electron chi connectivity index (χ0n) is 25.8. The molecule has 2 aromatic carbocycles. The highest BCUT2D eigenvalue weighted by molar-refractivity contribution is 5.74. The molecule has 0 aromatic heterocycles. The maximum atomic E-state index is 5.73. The molecule has 4 nitrogen and oxygen atoms in total. The van der Waals surface area contributed by atoms with Crippen molar-refractivity contribution in [2.24, 2.45) is 5.92 Å². The van der Waals surface area contributed by atoms with Gasteiger partial charge < -0.3 is 14.6 Å². The van der Waals surface area contributed by atoms with Crippen molar-refractivity contribution >= 4 is 11.6 Å². The van der Waals surface area contributed by atoms with Crippen molar-refractivity contribution in [3.05, 3.63) is 102 Å². The summed E-state index contributed by atoms with van der Waals surface area (Å²) in [6.45, 7) is 18.6. The average Bonchev–Trinajstić information content (AvgIpc) is 2.90. The van der Waals surface area contributed by atoms with Crippen LogP contribution in [0, 0.1) is 12.8 Å². The number of hydrogen-bond acceptors (Lipinski definition) is 4. The quantitative estimate of drug-likeness (QED) is 0.182. The Morgan fingerprint density at radius 2 is 1.77 bits per heavy atom. The van der Waals surface area contributed by atoms with E-state index in [9.17, 15) is 0 Å². The molecular formula is C35H57N3O. The van der Waals surface area contributed by atoms with Gasteiger partial charge in [0.15, 0.2) is 5.75 Å². The van der Waals surface area contributed by atoms with Gasteiger partial charge in [0, 0.05) is 27.7 Å². The molecule has 0 saturated carbocycles. The molecule has 0 bridgehead atoms. The van der Waals surface area contributed by atoms with Crippen molar-refractivity contribution in [2.75, 3.05) is 41.3 Å². The van der Waals surface area contributed by atoms with Crippen LogP contribution < -0.4 is 10.3 Å². The van der Waals surface area contributed by atoms with E-state index in [-0.39, 0.29) is 2.85 Å². The molecule has 0 amide bonds. The fraction of sp³-hybridized carbons (Fsp3) is 0.429. The van der Waals surface area contributed by atoms with E-state index < -0.39 is 0 Å². The van der Waals surface area contributed by atoms with E-state index in [0.29, 0.717) is 11.8 Å². The lowest BCUT2D eigenvalue weighted by atomic mass is 9.84. The van der Waals surface area contributed by atoms with Crippen LogP contribution in [0.5, 0.6) is 5.75 Å². The second kappa shape index (κ2) is 19.1. The van der Waals surface area contributed by atoms with Gasteiger partial charge in [-0.3, -0.25) is 0 Å². The van der Waals surface area contributed by atoms with Gasteiger partial charge in [0.2, 0.25) is 0 Å². The molecule has 0 radical (unpaired) electrons. The molecule has 0 unspecified atom stereocenters. The number of hydrogen-bond donors (Lipinski definition) is 1. The minimum atomic E-state index is 0. The Balaban J connectivity index is 0. The van der Waals surface area contributed by atoms with Crippen molar-refractivity contribution < 1.29 is 7.69 Å². The number of benzene rings is 2. The predicted molar refractivity (Wildman–Crippen MR) is 177 cm³/mol. The summed E-state index contributed by atoms with van der Waals surface area (Å²) in [4.78, 5) is 10.2. The molecule has 0 aliphatic rings. The second-order valence-electron chi connectivity index (χ2n) is 10.6. The van der Waals surface area contributed by atoms with E-state index in [2.05, 4.69) is 121 Å². The van der Waals surface area contributed by atoms with Crippen LogP contribution >= 0.6 is 0 Å². The second-order valence-corrected chi connectivity index (χ2v) is 10.6. The summed E-state index contributed by atoms with van der Waals surface area (Å²) >= 11 is 0. The molecule has 0 aliphatic carbocycles. The highest BCUT2D eigenvalue weighted by Crippen LogP contribution is 2.31. The SMILES string of the molecule is C=C/C=C(/CCN(C)C)c1c(C)cccc1ON/C=C/CC.C=Cc1cccc([C@@H](CC)[C@H](C)CN(C)C)c1.[HH].[HH]. The van der Waals surface area contributed by atoms with Gasteiger partial charge >= 0.3 is 0 Å². The van der Waals surface area contributed by atoms with Crippen molar-refractivity contribution in [3.8, 4) is 5.75 Å². The summed E-state index contributed by atoms with van der Waals surface area (Å²) in [6, 6.07) is 14.9. The van der Waals surface area contributed by atoms with Gasteiger partial charge in [-0.2, -0.15) is 0 Å². The van der Waals surface area contributed by atoms with Crippen LogP contribution in [0.2, 0.25) is 0 Å². The molecule has 0 saturated heterocycles. The molecular weight excluding hydrogens is 478 g/mol. The molecule has 0 spiro atoms. The van der Waals surface area contributed by atoms with Gasteiger partial charge in [-0.15, -0.1) is 0 Å². The smallest absolute Gasteiger partial charge is 0.162 e. The minimum absolute atomic E-state index is 0. The first-order valence-electron chi connectivity index (χ1n) is 14.2. The average molecular weight is 536 g/mol. The molecule has 39 heavy (non-hydrogen) atoms. The van der Waals surface area contributed by atoms with Gasteiger partial charge in [-0.05, 0) is 94.5 Å². The van der Waals surface area contributed by atoms with Crippen LogP contribution in [0.3, 0.4) is 0 Å². The normalized spacial score (nSPS) is 13.1. The van der Waals surface area contributed by atoms with Gasteiger partial charge in [-0.25, -0.2) is 5.48 Å². The van der Waals surface area contributed by atoms with Crippen LogP contribution in [0.4, 0.5) is 0 Å². The molecule has 0 heterocycles. The topological polar surface area (TPSA) is 27.7 Å². The fourth-order valence-electron chi connectivity index (χ4n) is 4.77. The van der Waals surface area contributed by atoms with Crippen molar-refractivity contribution in [2.45, 2.75) is 52.9 Å². The number of rotatable bonds is 15. The molecule has 2 atom stereocenters. The largest absolute Gasteiger partial charge is 0.382 e. The van der Waals surface area contributed by atoms with Crippen LogP contribution in [0.15, 0.2) is 80.1 Å². The highest BCUT2D eigenvalue weighted by atomic mass is 16.6. The number of aryl methyl sites for hydroxylation is 1. The Morgan fingerprint density at radius 1 is 1.05 bits per heavy atom. The highest BCUT2D eigenvalue weighted by Gasteiger charge is 2.18. The Labute approximate surface area is 242 Å². The number of allylic oxidation sites excluding steroid dienone is 3. The third kappa shape index (κ3) is 12.5. The molecule has 218 valence electrons. The lowest BCUT2D eigenvalue weighted by Gasteiger charge is -2.26. The van der Waals surface area contributed by atoms with E-state index in [0.717, 1.165) is 37.2 Å². The summed E-state index contributed by atoms with van der Waals surface area (Å²) < 4.78 is 0. The van der Waals surface area contributed by atoms with Crippen LogP contribution in [0.1, 0.15) is 71.1 Å². The summed E-state index contributed by atoms with van der Waals surface area (Å²) in [5.41, 5.74) is 9.13. The Bertz CT molecular complexity index is 1060. The van der Waals surface area contributed by atoms with E-state index in [4.69, 9.17) is 4.84 Å². The maximum absolute atomic E-state index is 5.73. The molecule has 2 rings (SSSR count). The van der Waals surface area contributed by atoms with Crippen LogP contribution in [-0.4, -0.2) is 51.1 Å². The Morgan fingerprint density at radius 3 is 2.36 bits per heavy atom. The third-order valence-corrected chi connectivity index (χ3v) is 6.65. The Hall–Kier alpha value is -3.08. The first-order chi connectivity index (χ1) is 18.7. The summed E-state index contributed by atoms with van der Waals surface area (Å²) in [5.74, 6) is 2.15. The van der Waals surface area contributed by atoms with E-state index in [1.165, 1.54) is 28.7 Å². The van der Waals surface area contributed by atoms with Crippen LogP contribution in [-0.2, 0) is 0 Å². The summed E-state index contributed by atoms with van der Waals surface area (Å²) in [5, 5.41) is 0. The van der Waals surface area contributed by atoms with Crippen molar-refractivity contribution in [1.29, 1.82) is 0 Å². The molecule has 4 heteroatoms. The Kier molecular flexibility index (Phi) is 16.6. The van der Waals surface area contributed by atoms with Gasteiger partial charge in [-0.1, -0.05) is 94.6 Å². The summed E-state index contributed by atoms with van der Waals surface area (Å²) in [7, 11) is 8.45. The molecule has 0 aliphatic heterocycles. The van der Waals surface area contributed by atoms with E-state index >= 15 is 0 Å². The first kappa shape index (κ1) is 33.9. The number of nitrogens with one attached hydrogen (secondary N) is 1. The van der Waals surface area contributed by atoms with E-state index in [1.807, 2.05) is 36.6 Å². The van der Waals surface area contributed by atoms with Crippen molar-refractivity contribution in [3.63, 3.8) is 0 Å². The van der Waals surface area contributed by atoms with Crippen LogP contribution in [0.25, 0.3) is 11.6 Å². The third-order valence-electron chi connectivity index (χ3n) is 6.65. The molecule has 2 aromatic rings. The number of nitrogens with zero attached hydrogens (tertiary/aromatic N) is 2. The minimum Gasteiger partial charge on any atom is -0.382 e. The van der Waals surface area contributed by atoms with Crippen molar-refractivity contribution in [1.82, 2.24) is 15.3 Å². The molecule has 1 N–H and O–H groups in total. The number of hydroxylamine groups is 1. The fourth-order valence-corrected chi connectivity index (χ4v) is 4.77. The lowest BCUT2D eigenvalue weighted by molar-refractivity contribution is 0.241. The standard InChI is InChI=1S/C19H28N2O.C16H25N.2H2/c1-6-8-14-20-22-18-12-9-11-16(3)19(18)17(10-7-2)13-15-21(4)5;1-6-14-9-8-10-15(11-14)16(7-2)13(3)12-17(4)5;;/h7-12,14,20H,2,6,13,15H2,1,3-5H3;6,8-11,13,16H,1,7,12H2,2-5H3;2*1H/b14-8+,17-10-;;;/t;13-,16+;;/m.1../s1. The first-order valence-corrected chi connectivity index (χ1v) is 14.2. The predicted octanol–water partition coefficient (Wildman–Crippen LogP) is 8.84.